The van der Waals surface area contributed by atoms with E-state index in [1.165, 1.54) is 11.3 Å². The summed E-state index contributed by atoms with van der Waals surface area (Å²) in [6.07, 6.45) is 2.94. The maximum atomic E-state index is 12.3. The van der Waals surface area contributed by atoms with Crippen molar-refractivity contribution in [2.24, 2.45) is 5.73 Å². The van der Waals surface area contributed by atoms with E-state index in [9.17, 15) is 4.79 Å². The summed E-state index contributed by atoms with van der Waals surface area (Å²) in [5.74, 6) is 0.615. The minimum atomic E-state index is -0.565. The number of rotatable bonds is 9. The molecule has 0 atom stereocenters. The van der Waals surface area contributed by atoms with Crippen LogP contribution in [0.25, 0.3) is 0 Å². The molecule has 0 radical (unpaired) electrons. The molecule has 9 nitrogen and oxygen atoms in total. The molecule has 0 unspecified atom stereocenters. The first-order chi connectivity index (χ1) is 16.9. The number of nitrogens with two attached hydrogens (primary N) is 1. The number of nitrogens with zero attached hydrogens (tertiary/aromatic N) is 4. The zero-order chi connectivity index (χ0) is 24.8. The Bertz CT molecular complexity index is 1030. The van der Waals surface area contributed by atoms with Crippen LogP contribution < -0.4 is 42.5 Å². The van der Waals surface area contributed by atoms with Gasteiger partial charge in [0.1, 0.15) is 0 Å². The molecule has 37 heavy (non-hydrogen) atoms. The molecular weight excluding hydrogens is 588 g/mol. The van der Waals surface area contributed by atoms with Gasteiger partial charge in [0.2, 0.25) is 0 Å². The number of hydrogen-bond donors (Lipinski definition) is 3. The molecule has 208 valence electrons. The van der Waals surface area contributed by atoms with Crippen LogP contribution in [0.5, 0.6) is 0 Å². The van der Waals surface area contributed by atoms with Gasteiger partial charge in [-0.1, -0.05) is 7.43 Å². The van der Waals surface area contributed by atoms with E-state index >= 15 is 0 Å². The van der Waals surface area contributed by atoms with Crippen LogP contribution in [-0.2, 0) is 4.74 Å². The Labute approximate surface area is 230 Å². The number of nitrogens with one attached hydrogen (secondary N) is 2. The van der Waals surface area contributed by atoms with Gasteiger partial charge in [-0.05, 0) is 7.05 Å². The van der Waals surface area contributed by atoms with Crippen molar-refractivity contribution >= 4 is 28.9 Å². The molecule has 0 saturated carbocycles. The molecule has 11 heteroatoms. The van der Waals surface area contributed by atoms with Crippen molar-refractivity contribution in [3.63, 3.8) is 0 Å². The molecule has 2 aromatic rings. The van der Waals surface area contributed by atoms with Gasteiger partial charge in [-0.3, -0.25) is 4.70 Å². The van der Waals surface area contributed by atoms with Crippen LogP contribution in [0.4, 0.5) is 27.7 Å². The van der Waals surface area contributed by atoms with Gasteiger partial charge < -0.3 is 4.90 Å². The number of halogens is 2. The Morgan fingerprint density at radius 2 is 1.86 bits per heavy atom. The number of aryl methyl sites for hydroxylation is 1. The molecule has 4 N–H and O–H groups in total. The molecule has 1 aromatic carbocycles. The number of anilines is 4. The molecule has 1 aromatic heterocycles. The van der Waals surface area contributed by atoms with E-state index in [0.717, 1.165) is 78.3 Å². The summed E-state index contributed by atoms with van der Waals surface area (Å²) in [5.41, 5.74) is 9.24. The van der Waals surface area contributed by atoms with Crippen molar-refractivity contribution in [1.29, 1.82) is 0 Å². The van der Waals surface area contributed by atoms with E-state index in [1.54, 1.807) is 0 Å². The number of carbonyl (C=O) groups excluding carboxylic acids is 1. The minimum absolute atomic E-state index is 0. The van der Waals surface area contributed by atoms with E-state index in [0.29, 0.717) is 11.9 Å². The van der Waals surface area contributed by atoms with Crippen molar-refractivity contribution in [2.45, 2.75) is 46.6 Å². The van der Waals surface area contributed by atoms with E-state index < -0.39 is 5.91 Å². The molecule has 2 aliphatic heterocycles. The average Bonchev–Trinajstić information content (AvgIpc) is 2.85. The second-order valence-electron chi connectivity index (χ2n) is 9.19. The summed E-state index contributed by atoms with van der Waals surface area (Å²) in [7, 11) is 2.16. The summed E-state index contributed by atoms with van der Waals surface area (Å²) in [5, 5.41) is 6.93. The zero-order valence-electron chi connectivity index (χ0n) is 21.3. The van der Waals surface area contributed by atoms with Gasteiger partial charge in [0.15, 0.2) is 0 Å². The van der Waals surface area contributed by atoms with Gasteiger partial charge in [-0.2, -0.15) is 0 Å². The van der Waals surface area contributed by atoms with Crippen LogP contribution in [0, 0.1) is 10.6 Å². The number of carbonyl (C=O) groups is 1. The summed E-state index contributed by atoms with van der Waals surface area (Å²) in [6.45, 7) is 9.94. The third kappa shape index (κ3) is 8.11. The van der Waals surface area contributed by atoms with Crippen LogP contribution in [0.2, 0.25) is 0 Å². The van der Waals surface area contributed by atoms with Crippen LogP contribution in [0.3, 0.4) is 0 Å². The smallest absolute Gasteiger partial charge is 0.269 e. The van der Waals surface area contributed by atoms with E-state index in [1.807, 2.05) is 6.07 Å². The molecule has 4 rings (SSSR count). The van der Waals surface area contributed by atoms with Crippen molar-refractivity contribution in [3.05, 3.63) is 33.2 Å². The summed E-state index contributed by atoms with van der Waals surface area (Å²) < 4.78 is 7.49. The number of hydrogen-bond acceptors (Lipinski definition) is 8. The van der Waals surface area contributed by atoms with Crippen molar-refractivity contribution in [1.82, 2.24) is 14.9 Å². The molecule has 0 spiro atoms. The minimum Gasteiger partial charge on any atom is -0.269 e. The largest absolute Gasteiger partial charge is 0.269 e. The standard InChI is InChI=1S/C25H37IN7O2.CH4.FH/c1-4-9-26-22-25(28-18-7-14-35-15-8-18)31-24(21(30-22)23(27)34)29-19-5-6-20(17(2)16-19)33-12-10-32(3)11-13-33;;/h5-6,16,18H,4,7-15H2,1-3H3,(H2,27,34)(H2,28,29,31);1H4;1H/q-1;;. The maximum Gasteiger partial charge on any atom is -0.269 e. The summed E-state index contributed by atoms with van der Waals surface area (Å²) in [6, 6.07) is 6.57. The Kier molecular flexibility index (Phi) is 12.2. The number of primary amides is 1. The van der Waals surface area contributed by atoms with Crippen LogP contribution >= 0.6 is 0 Å². The van der Waals surface area contributed by atoms with E-state index in [-0.39, 0.29) is 39.0 Å². The zero-order valence-corrected chi connectivity index (χ0v) is 23.5. The average molecular weight is 631 g/mol. The van der Waals surface area contributed by atoms with Crippen LogP contribution in [0.15, 0.2) is 18.2 Å². The second kappa shape index (κ2) is 14.6. The Hall–Kier alpha value is -2.25. The first-order valence-electron chi connectivity index (χ1n) is 12.4. The Morgan fingerprint density at radius 1 is 1.16 bits per heavy atom. The maximum absolute atomic E-state index is 12.3. The van der Waals surface area contributed by atoms with Crippen molar-refractivity contribution < 1.29 is 35.4 Å². The molecule has 0 bridgehead atoms. The van der Waals surface area contributed by atoms with Crippen molar-refractivity contribution in [2.75, 3.05) is 66.4 Å². The molecule has 0 aliphatic carbocycles. The Morgan fingerprint density at radius 3 is 2.49 bits per heavy atom. The third-order valence-corrected chi connectivity index (χ3v) is 9.46. The number of piperazine rings is 1. The van der Waals surface area contributed by atoms with Gasteiger partial charge in [0, 0.05) is 0 Å². The number of ether oxygens (including phenoxy) is 1. The van der Waals surface area contributed by atoms with Crippen LogP contribution in [-0.4, -0.2) is 77.7 Å². The number of amides is 1. The topological polar surface area (TPSA) is 109 Å². The quantitative estimate of drug-likeness (QED) is 0.271. The van der Waals surface area contributed by atoms with Gasteiger partial charge in [-0.15, -0.1) is 0 Å². The van der Waals surface area contributed by atoms with Crippen molar-refractivity contribution in [3.8, 4) is 0 Å². The third-order valence-electron chi connectivity index (χ3n) is 6.36. The molecule has 2 saturated heterocycles. The first-order valence-corrected chi connectivity index (χ1v) is 15.0. The summed E-state index contributed by atoms with van der Waals surface area (Å²) >= 11 is -0.372. The summed E-state index contributed by atoms with van der Waals surface area (Å²) in [4.78, 5) is 26.7. The fourth-order valence-electron chi connectivity index (χ4n) is 4.35. The number of likely N-dealkylation sites (N-methyl/N-ethyl adjacent to an activating group) is 1. The molecule has 1 amide bonds. The number of aromatic nitrogens is 2. The number of alkyl halides is 1. The monoisotopic (exact) mass is 630 g/mol. The van der Waals surface area contributed by atoms with E-state index in [4.69, 9.17) is 20.4 Å². The molecule has 2 fully saturated rings. The van der Waals surface area contributed by atoms with Gasteiger partial charge in [0.05, 0.1) is 0 Å². The molecule has 3 heterocycles. The second-order valence-corrected chi connectivity index (χ2v) is 12.1. The molecule has 2 aliphatic rings. The SMILES string of the molecule is C.CCC[I-]c1nc(C(N)=O)c(Nc2ccc(N3CCN(C)CC3)c(C)c2)nc1NC1CCOCC1.F. The Balaban J connectivity index is 0.00000241. The molecular formula is C26H42FIN7O2-. The normalized spacial score (nSPS) is 16.6. The fraction of sp³-hybridized carbons (Fsp3) is 0.577. The van der Waals surface area contributed by atoms with E-state index in [2.05, 4.69) is 53.5 Å². The predicted molar refractivity (Wildman–Crippen MR) is 145 cm³/mol. The van der Waals surface area contributed by atoms with Gasteiger partial charge in [-0.25, -0.2) is 0 Å². The van der Waals surface area contributed by atoms with Gasteiger partial charge >= 0.3 is 207 Å². The first kappa shape index (κ1) is 31.0. The van der Waals surface area contributed by atoms with Crippen LogP contribution in [0.1, 0.15) is 49.7 Å². The predicted octanol–water partition coefficient (Wildman–Crippen LogP) is 0.427. The number of benzene rings is 1. The van der Waals surface area contributed by atoms with Gasteiger partial charge in [0.25, 0.3) is 0 Å². The fourth-order valence-corrected chi connectivity index (χ4v) is 6.45.